The summed E-state index contributed by atoms with van der Waals surface area (Å²) in [5.41, 5.74) is 7.28. The number of anilines is 1. The van der Waals surface area contributed by atoms with E-state index in [-0.39, 0.29) is 41.0 Å². The van der Waals surface area contributed by atoms with Gasteiger partial charge in [-0.15, -0.1) is 0 Å². The molecule has 14 nitrogen and oxygen atoms in total. The maximum Gasteiger partial charge on any atom is 0.240 e. The Labute approximate surface area is 425 Å². The number of sulfonamides is 1. The number of carbonyl (C=O) groups excluding carboxylic acids is 2. The Morgan fingerprint density at radius 1 is 0.889 bits per heavy atom. The molecule has 388 valence electrons. The Hall–Kier alpha value is -4.71. The number of nitrogens with zero attached hydrogens (tertiary/aromatic N) is 2. The number of rotatable bonds is 22. The molecular weight excluding hydrogens is 953 g/mol. The zero-order chi connectivity index (χ0) is 50.6. The molecule has 9 rings (SSSR count). The molecule has 0 radical (unpaired) electrons. The van der Waals surface area contributed by atoms with Crippen molar-refractivity contribution in [1.29, 1.82) is 0 Å². The first kappa shape index (κ1) is 52.2. The molecular formula is C56H72N4O10S2. The Balaban J connectivity index is 0.812. The van der Waals surface area contributed by atoms with E-state index in [1.165, 1.54) is 34.3 Å². The van der Waals surface area contributed by atoms with Crippen LogP contribution in [0.1, 0.15) is 143 Å². The lowest BCUT2D eigenvalue weighted by Crippen LogP contribution is -2.45. The summed E-state index contributed by atoms with van der Waals surface area (Å²) in [6.07, 6.45) is 21.1. The summed E-state index contributed by atoms with van der Waals surface area (Å²) in [6.45, 7) is 6.50. The highest BCUT2D eigenvalue weighted by atomic mass is 32.2. The molecule has 4 N–H and O–H groups in total. The number of nitrogens with one attached hydrogen (secondary N) is 2. The van der Waals surface area contributed by atoms with E-state index >= 15 is 0 Å². The fourth-order valence-electron chi connectivity index (χ4n) is 12.1. The van der Waals surface area contributed by atoms with E-state index in [9.17, 15) is 41.2 Å². The number of Topliss-reactive ketones (excluding diaryl/α,β-unsaturated/α-hetero) is 1. The highest BCUT2D eigenvalue weighted by Gasteiger charge is 2.40. The second kappa shape index (κ2) is 22.8. The number of ether oxygens (including phenoxy) is 1. The van der Waals surface area contributed by atoms with Crippen molar-refractivity contribution in [2.24, 2.45) is 11.8 Å². The van der Waals surface area contributed by atoms with E-state index in [0.29, 0.717) is 75.0 Å². The number of ketones is 1. The number of unbranched alkanes of at least 4 members (excludes halogenated alkanes) is 5. The molecule has 1 saturated carbocycles. The van der Waals surface area contributed by atoms with Crippen molar-refractivity contribution in [3.05, 3.63) is 98.6 Å². The van der Waals surface area contributed by atoms with Crippen molar-refractivity contribution < 1.29 is 45.9 Å². The molecule has 0 bridgehead atoms. The molecule has 5 heterocycles. The predicted molar refractivity (Wildman–Crippen MR) is 276 cm³/mol. The molecule has 0 saturated heterocycles. The lowest BCUT2D eigenvalue weighted by Gasteiger charge is -2.39. The van der Waals surface area contributed by atoms with Crippen LogP contribution in [0.15, 0.2) is 64.4 Å². The summed E-state index contributed by atoms with van der Waals surface area (Å²) in [5, 5.41) is 25.7. The van der Waals surface area contributed by atoms with E-state index in [2.05, 4.69) is 38.6 Å². The number of amides is 1. The fraction of sp³-hybridized carbons (Fsp3) is 0.554. The van der Waals surface area contributed by atoms with Gasteiger partial charge in [0.1, 0.15) is 40.5 Å². The number of aryl methyl sites for hydroxylation is 2. The molecule has 3 unspecified atom stereocenters. The summed E-state index contributed by atoms with van der Waals surface area (Å²) >= 11 is 0. The summed E-state index contributed by atoms with van der Waals surface area (Å²) in [5.74, 6) is 0.670. The molecule has 4 atom stereocenters. The van der Waals surface area contributed by atoms with Gasteiger partial charge in [0.15, 0.2) is 0 Å². The third kappa shape index (κ3) is 11.3. The van der Waals surface area contributed by atoms with Crippen LogP contribution in [-0.4, -0.2) is 94.8 Å². The van der Waals surface area contributed by atoms with Gasteiger partial charge in [0.25, 0.3) is 0 Å². The molecule has 1 fully saturated rings. The minimum atomic E-state index is -5.19. The summed E-state index contributed by atoms with van der Waals surface area (Å²) in [7, 11) is -9.40. The van der Waals surface area contributed by atoms with Crippen LogP contribution in [0.3, 0.4) is 0 Å². The topological polar surface area (TPSA) is 205 Å². The van der Waals surface area contributed by atoms with Crippen molar-refractivity contribution >= 4 is 43.1 Å². The van der Waals surface area contributed by atoms with Crippen LogP contribution in [0.5, 0.6) is 11.5 Å². The number of hydrogen-bond donors (Lipinski definition) is 4. The maximum atomic E-state index is 13.8. The number of hydrogen-bond acceptors (Lipinski definition) is 11. The van der Waals surface area contributed by atoms with Crippen molar-refractivity contribution in [3.8, 4) is 11.5 Å². The van der Waals surface area contributed by atoms with Gasteiger partial charge in [-0.05, 0) is 107 Å². The number of benzene rings is 3. The van der Waals surface area contributed by atoms with Crippen LogP contribution >= 0.6 is 0 Å². The molecule has 6 aliphatic rings. The van der Waals surface area contributed by atoms with Crippen LogP contribution in [-0.2, 0) is 55.4 Å². The summed E-state index contributed by atoms with van der Waals surface area (Å²) in [6, 6.07) is 8.14. The zero-order valence-electron chi connectivity index (χ0n) is 41.8. The van der Waals surface area contributed by atoms with Gasteiger partial charge < -0.3 is 29.7 Å². The quantitative estimate of drug-likeness (QED) is 0.0322. The average Bonchev–Trinajstić information content (AvgIpc) is 3.63. The molecule has 1 aliphatic carbocycles. The van der Waals surface area contributed by atoms with Gasteiger partial charge in [0, 0.05) is 102 Å². The third-order valence-corrected chi connectivity index (χ3v) is 18.0. The van der Waals surface area contributed by atoms with Crippen molar-refractivity contribution in [3.63, 3.8) is 0 Å². The van der Waals surface area contributed by atoms with E-state index < -0.39 is 43.2 Å². The maximum absolute atomic E-state index is 13.8. The molecule has 3 aromatic carbocycles. The van der Waals surface area contributed by atoms with Gasteiger partial charge in [-0.2, -0.15) is 0 Å². The zero-order valence-corrected chi connectivity index (χ0v) is 43.4. The van der Waals surface area contributed by atoms with Crippen molar-refractivity contribution in [2.45, 2.75) is 157 Å². The summed E-state index contributed by atoms with van der Waals surface area (Å²) < 4.78 is 79.7. The van der Waals surface area contributed by atoms with Crippen LogP contribution in [0, 0.1) is 11.8 Å². The minimum Gasteiger partial charge on any atom is -0.744 e. The second-order valence-electron chi connectivity index (χ2n) is 20.7. The van der Waals surface area contributed by atoms with Gasteiger partial charge in [-0.3, -0.25) is 9.59 Å². The number of allylic oxidation sites excluding steroid dienone is 3. The fourth-order valence-corrected chi connectivity index (χ4v) is 14.0. The monoisotopic (exact) mass is 1020 g/mol. The summed E-state index contributed by atoms with van der Waals surface area (Å²) in [4.78, 5) is 26.6. The molecule has 16 heteroatoms. The number of aliphatic hydroxyl groups is 2. The minimum absolute atomic E-state index is 0.00797. The first-order chi connectivity index (χ1) is 34.7. The highest BCUT2D eigenvalue weighted by Crippen LogP contribution is 2.49. The first-order valence-electron chi connectivity index (χ1n) is 26.7. The van der Waals surface area contributed by atoms with Gasteiger partial charge in [0.05, 0.1) is 27.6 Å². The first-order valence-corrected chi connectivity index (χ1v) is 29.6. The Bertz CT molecular complexity index is 2980. The van der Waals surface area contributed by atoms with E-state index in [1.54, 1.807) is 12.2 Å². The lowest BCUT2D eigenvalue weighted by molar-refractivity contribution is -0.121. The Kier molecular flexibility index (Phi) is 16.5. The standard InChI is InChI=1S/C56H72N4O10S2/c1-2-3-7-18-39(61)23-25-42-41(48(62)36-49(42)63)19-8-4-5-9-22-51(64)57-27-10-6-11-28-58-71(65,66)40-24-26-43(50(35-40)72(67,68)69)52-46-33-37-16-12-29-59-31-14-20-44(53(37)59)55(46)70-56-45-21-15-32-60-30-13-17-38(54(45)60)34-47(52)56/h4,8,23-26,33-35,39,41-42,48,58,61-62H,2-3,5-7,9-22,27-32,36H2,1H3,(H-,57,64,67,68,69)/b8-4-,25-23+/t39?,41?,42-,48?/m1/s1. The normalized spacial score (nSPS) is 20.9. The van der Waals surface area contributed by atoms with Crippen LogP contribution in [0.2, 0.25) is 0 Å². The van der Waals surface area contributed by atoms with Crippen LogP contribution < -0.4 is 34.8 Å². The smallest absolute Gasteiger partial charge is 0.240 e. The predicted octanol–water partition coefficient (Wildman–Crippen LogP) is 5.77. The molecule has 5 aliphatic heterocycles. The van der Waals surface area contributed by atoms with E-state index in [0.717, 1.165) is 125 Å². The average molecular weight is 1030 g/mol. The second-order valence-corrected chi connectivity index (χ2v) is 23.9. The third-order valence-electron chi connectivity index (χ3n) is 15.7. The SMILES string of the molecule is CCCCCC(O)/C=C/[C@H]1C(=O)CC(O)C1C/C=C\CCCC(=O)NCCCCCNS(=O)(=O)c1ccc(C2=c3cc4c5c(c3Oc3c2cc2c6c3CCCN6CCC2)CCC[N+]=5CCC4)c(S(=O)(=O)[O-])c1. The highest BCUT2D eigenvalue weighted by molar-refractivity contribution is 7.89. The van der Waals surface area contributed by atoms with Gasteiger partial charge in [-0.1, -0.05) is 63.0 Å². The van der Waals surface area contributed by atoms with E-state index in [4.69, 9.17) is 4.74 Å². The number of aliphatic hydroxyl groups excluding tert-OH is 2. The number of fused-ring (bicyclic) bond motifs is 4. The van der Waals surface area contributed by atoms with Crippen molar-refractivity contribution in [1.82, 2.24) is 14.6 Å². The Morgan fingerprint density at radius 2 is 1.65 bits per heavy atom. The van der Waals surface area contributed by atoms with Gasteiger partial charge >= 0.3 is 0 Å². The molecule has 1 amide bonds. The van der Waals surface area contributed by atoms with Gasteiger partial charge in [-0.25, -0.2) is 26.1 Å². The van der Waals surface area contributed by atoms with Gasteiger partial charge in [0.2, 0.25) is 21.3 Å². The molecule has 0 aromatic heterocycles. The van der Waals surface area contributed by atoms with Crippen LogP contribution in [0.4, 0.5) is 5.69 Å². The lowest BCUT2D eigenvalue weighted by atomic mass is 9.82. The Morgan fingerprint density at radius 3 is 2.46 bits per heavy atom. The molecule has 0 spiro atoms. The van der Waals surface area contributed by atoms with E-state index in [1.807, 2.05) is 12.2 Å². The van der Waals surface area contributed by atoms with Crippen molar-refractivity contribution in [2.75, 3.05) is 44.2 Å². The molecule has 72 heavy (non-hydrogen) atoms. The number of carbonyl (C=O) groups is 2. The van der Waals surface area contributed by atoms with Crippen LogP contribution in [0.25, 0.3) is 5.57 Å². The largest absolute Gasteiger partial charge is 0.744 e. The molecule has 3 aromatic rings.